The first-order valence-electron chi connectivity index (χ1n) is 12.9. The molecule has 1 N–H and O–H groups in total. The van der Waals surface area contributed by atoms with Crippen molar-refractivity contribution in [2.75, 3.05) is 14.2 Å². The van der Waals surface area contributed by atoms with Gasteiger partial charge in [0.1, 0.15) is 0 Å². The lowest BCUT2D eigenvalue weighted by atomic mass is 9.45. The van der Waals surface area contributed by atoms with Crippen molar-refractivity contribution < 1.29 is 4.74 Å². The van der Waals surface area contributed by atoms with Crippen molar-refractivity contribution in [3.8, 4) is 0 Å². The predicted octanol–water partition coefficient (Wildman–Crippen LogP) is 7.55. The quantitative estimate of drug-likeness (QED) is 0.478. The fraction of sp³-hybridized carbons (Fsp3) is 0.926. The Kier molecular flexibility index (Phi) is 7.66. The van der Waals surface area contributed by atoms with E-state index in [9.17, 15) is 0 Å². The highest BCUT2D eigenvalue weighted by Gasteiger charge is 2.59. The van der Waals surface area contributed by atoms with Crippen LogP contribution in [0.3, 0.4) is 0 Å². The van der Waals surface area contributed by atoms with Crippen molar-refractivity contribution in [3.63, 3.8) is 0 Å². The zero-order chi connectivity index (χ0) is 21.1. The second-order valence-electron chi connectivity index (χ2n) is 10.8. The van der Waals surface area contributed by atoms with Crippen LogP contribution in [-0.4, -0.2) is 14.2 Å². The standard InChI is InChI=1S/C25H43NO.C2H6/c1-24-16-6-5-8-18(24)11-13-20-21-14-12-19(9-7-10-23(26-3)27-4)25(21,2)17-15-22(20)24;1-2/h10,18-22,26H,5-9,11-17H2,1-4H3;1-2H3/b23-10+;. The van der Waals surface area contributed by atoms with Crippen LogP contribution in [0.15, 0.2) is 12.0 Å². The second kappa shape index (κ2) is 9.65. The summed E-state index contributed by atoms with van der Waals surface area (Å²) in [4.78, 5) is 0. The van der Waals surface area contributed by atoms with Crippen LogP contribution in [0.5, 0.6) is 0 Å². The van der Waals surface area contributed by atoms with E-state index in [1.165, 1.54) is 64.2 Å². The Balaban J connectivity index is 0.00000117. The van der Waals surface area contributed by atoms with Crippen LogP contribution in [0, 0.1) is 40.4 Å². The molecule has 0 aromatic heterocycles. The topological polar surface area (TPSA) is 21.3 Å². The van der Waals surface area contributed by atoms with Crippen LogP contribution in [-0.2, 0) is 4.74 Å². The van der Waals surface area contributed by atoms with Gasteiger partial charge in [0, 0.05) is 7.05 Å². The van der Waals surface area contributed by atoms with Crippen LogP contribution < -0.4 is 5.32 Å². The Bertz CT molecular complexity index is 551. The van der Waals surface area contributed by atoms with Crippen molar-refractivity contribution in [1.82, 2.24) is 5.32 Å². The Labute approximate surface area is 181 Å². The van der Waals surface area contributed by atoms with Crippen LogP contribution in [0.4, 0.5) is 0 Å². The number of methoxy groups -OCH3 is 1. The minimum Gasteiger partial charge on any atom is -0.483 e. The molecule has 0 radical (unpaired) electrons. The van der Waals surface area contributed by atoms with Crippen molar-refractivity contribution in [2.24, 2.45) is 40.4 Å². The maximum Gasteiger partial charge on any atom is 0.181 e. The van der Waals surface area contributed by atoms with E-state index in [1.807, 2.05) is 20.9 Å². The van der Waals surface area contributed by atoms with Crippen molar-refractivity contribution in [3.05, 3.63) is 12.0 Å². The fourth-order valence-electron chi connectivity index (χ4n) is 8.58. The van der Waals surface area contributed by atoms with Crippen molar-refractivity contribution in [2.45, 2.75) is 105 Å². The first kappa shape index (κ1) is 23.0. The van der Waals surface area contributed by atoms with E-state index < -0.39 is 0 Å². The molecule has 0 aromatic carbocycles. The maximum absolute atomic E-state index is 5.38. The summed E-state index contributed by atoms with van der Waals surface area (Å²) in [5.41, 5.74) is 1.29. The van der Waals surface area contributed by atoms with Gasteiger partial charge in [-0.15, -0.1) is 0 Å². The molecular formula is C27H49NO. The predicted molar refractivity (Wildman–Crippen MR) is 125 cm³/mol. The molecule has 2 heteroatoms. The van der Waals surface area contributed by atoms with E-state index >= 15 is 0 Å². The number of ether oxygens (including phenoxy) is 1. The lowest BCUT2D eigenvalue weighted by molar-refractivity contribution is -0.111. The highest BCUT2D eigenvalue weighted by Crippen LogP contribution is 2.67. The third kappa shape index (κ3) is 4.11. The zero-order valence-corrected chi connectivity index (χ0v) is 20.4. The molecule has 4 aliphatic rings. The van der Waals surface area contributed by atoms with Gasteiger partial charge in [0.15, 0.2) is 5.88 Å². The molecule has 4 rings (SSSR count). The number of nitrogens with one attached hydrogen (secondary N) is 1. The van der Waals surface area contributed by atoms with Gasteiger partial charge in [-0.05, 0) is 111 Å². The molecule has 0 bridgehead atoms. The summed E-state index contributed by atoms with van der Waals surface area (Å²) < 4.78 is 5.38. The molecular weight excluding hydrogens is 354 g/mol. The molecule has 0 amide bonds. The van der Waals surface area contributed by atoms with Crippen LogP contribution in [0.1, 0.15) is 105 Å². The number of fused-ring (bicyclic) bond motifs is 5. The summed E-state index contributed by atoms with van der Waals surface area (Å²) in [6, 6.07) is 0. The summed E-state index contributed by atoms with van der Waals surface area (Å²) in [6.07, 6.45) is 19.9. The Hall–Kier alpha value is -0.660. The maximum atomic E-state index is 5.38. The van der Waals surface area contributed by atoms with Gasteiger partial charge in [-0.1, -0.05) is 40.5 Å². The third-order valence-corrected chi connectivity index (χ3v) is 10.1. The normalized spacial score (nSPS) is 43.9. The molecule has 4 saturated carbocycles. The van der Waals surface area contributed by atoms with E-state index in [-0.39, 0.29) is 0 Å². The number of allylic oxidation sites excluding steroid dienone is 1. The minimum atomic E-state index is 0.611. The van der Waals surface area contributed by atoms with Gasteiger partial charge in [0.25, 0.3) is 0 Å². The molecule has 0 heterocycles. The first-order chi connectivity index (χ1) is 14.0. The summed E-state index contributed by atoms with van der Waals surface area (Å²) >= 11 is 0. The lowest BCUT2D eigenvalue weighted by Crippen LogP contribution is -2.52. The van der Waals surface area contributed by atoms with E-state index in [1.54, 1.807) is 13.5 Å². The molecule has 4 aliphatic carbocycles. The van der Waals surface area contributed by atoms with Crippen LogP contribution in [0.2, 0.25) is 0 Å². The van der Waals surface area contributed by atoms with Gasteiger partial charge in [0.2, 0.25) is 0 Å². The molecule has 0 saturated heterocycles. The van der Waals surface area contributed by atoms with E-state index in [4.69, 9.17) is 4.74 Å². The van der Waals surface area contributed by atoms with Gasteiger partial charge in [-0.25, -0.2) is 0 Å². The average Bonchev–Trinajstić information content (AvgIpc) is 3.08. The van der Waals surface area contributed by atoms with Crippen LogP contribution >= 0.6 is 0 Å². The fourth-order valence-corrected chi connectivity index (χ4v) is 8.58. The van der Waals surface area contributed by atoms with E-state index in [2.05, 4.69) is 25.2 Å². The Morgan fingerprint density at radius 2 is 1.69 bits per heavy atom. The Morgan fingerprint density at radius 3 is 2.41 bits per heavy atom. The van der Waals surface area contributed by atoms with Crippen LogP contribution in [0.25, 0.3) is 0 Å². The van der Waals surface area contributed by atoms with E-state index in [0.29, 0.717) is 10.8 Å². The molecule has 168 valence electrons. The zero-order valence-electron chi connectivity index (χ0n) is 20.4. The van der Waals surface area contributed by atoms with Crippen molar-refractivity contribution in [1.29, 1.82) is 0 Å². The third-order valence-electron chi connectivity index (χ3n) is 10.1. The number of hydrogen-bond donors (Lipinski definition) is 1. The molecule has 4 fully saturated rings. The molecule has 0 aliphatic heterocycles. The molecule has 7 atom stereocenters. The van der Waals surface area contributed by atoms with Crippen molar-refractivity contribution >= 4 is 0 Å². The highest BCUT2D eigenvalue weighted by atomic mass is 16.5. The smallest absolute Gasteiger partial charge is 0.181 e. The molecule has 7 unspecified atom stereocenters. The van der Waals surface area contributed by atoms with Gasteiger partial charge >= 0.3 is 0 Å². The Morgan fingerprint density at radius 1 is 0.931 bits per heavy atom. The molecule has 0 spiro atoms. The average molecular weight is 404 g/mol. The highest BCUT2D eigenvalue weighted by molar-refractivity contribution is 5.09. The molecule has 2 nitrogen and oxygen atoms in total. The number of hydrogen-bond acceptors (Lipinski definition) is 2. The van der Waals surface area contributed by atoms with E-state index in [0.717, 1.165) is 41.9 Å². The monoisotopic (exact) mass is 403 g/mol. The largest absolute Gasteiger partial charge is 0.483 e. The number of rotatable bonds is 5. The van der Waals surface area contributed by atoms with Gasteiger partial charge in [0.05, 0.1) is 7.11 Å². The van der Waals surface area contributed by atoms with Gasteiger partial charge in [-0.2, -0.15) is 0 Å². The molecule has 29 heavy (non-hydrogen) atoms. The summed E-state index contributed by atoms with van der Waals surface area (Å²) in [5, 5.41) is 3.15. The SMILES string of the molecule is CC.CN/C(=C\CCC1CCC2C3CCC4CCCCC4(C)C3CCC12C)OC. The lowest BCUT2D eigenvalue weighted by Gasteiger charge is -2.60. The van der Waals surface area contributed by atoms with Gasteiger partial charge < -0.3 is 10.1 Å². The summed E-state index contributed by atoms with van der Waals surface area (Å²) in [7, 11) is 3.71. The molecule has 0 aromatic rings. The second-order valence-corrected chi connectivity index (χ2v) is 10.8. The first-order valence-corrected chi connectivity index (χ1v) is 12.9. The van der Waals surface area contributed by atoms with Gasteiger partial charge in [-0.3, -0.25) is 0 Å². The summed E-state index contributed by atoms with van der Waals surface area (Å²) in [6.45, 7) is 9.39. The summed E-state index contributed by atoms with van der Waals surface area (Å²) in [5.74, 6) is 5.99. The minimum absolute atomic E-state index is 0.611.